The van der Waals surface area contributed by atoms with Crippen LogP contribution in [0.3, 0.4) is 0 Å². The van der Waals surface area contributed by atoms with Crippen LogP contribution in [-0.4, -0.2) is 29.1 Å². The molecule has 1 aromatic rings. The molecule has 22 heavy (non-hydrogen) atoms. The lowest BCUT2D eigenvalue weighted by Crippen LogP contribution is -2.48. The lowest BCUT2D eigenvalue weighted by Gasteiger charge is -2.50. The topological polar surface area (TPSA) is 53.7 Å². The molecule has 3 aliphatic rings. The summed E-state index contributed by atoms with van der Waals surface area (Å²) in [6.45, 7) is 3.08. The maximum atomic E-state index is 11.0. The van der Waals surface area contributed by atoms with E-state index in [0.717, 1.165) is 57.5 Å². The second-order valence-electron chi connectivity index (χ2n) is 7.59. The summed E-state index contributed by atoms with van der Waals surface area (Å²) in [7, 11) is 0. The van der Waals surface area contributed by atoms with Gasteiger partial charge in [-0.05, 0) is 75.1 Å². The Kier molecular flexibility index (Phi) is 3.52. The molecule has 0 atom stereocenters. The van der Waals surface area contributed by atoms with Crippen LogP contribution in [0.25, 0.3) is 0 Å². The molecule has 1 N–H and O–H groups in total. The number of carboxylic acid groups (broad SMARTS) is 1. The van der Waals surface area contributed by atoms with Gasteiger partial charge in [0.2, 0.25) is 0 Å². The molecule has 0 aromatic carbocycles. The largest absolute Gasteiger partial charge is 0.481 e. The van der Waals surface area contributed by atoms with Gasteiger partial charge in [0.1, 0.15) is 11.5 Å². The number of likely N-dealkylation sites (tertiary alicyclic amines) is 1. The van der Waals surface area contributed by atoms with Crippen LogP contribution < -0.4 is 0 Å². The summed E-state index contributed by atoms with van der Waals surface area (Å²) in [6.07, 6.45) is 8.93. The van der Waals surface area contributed by atoms with E-state index in [1.807, 2.05) is 0 Å². The van der Waals surface area contributed by atoms with Gasteiger partial charge in [-0.3, -0.25) is 9.69 Å². The van der Waals surface area contributed by atoms with Crippen molar-refractivity contribution in [2.24, 2.45) is 11.3 Å². The quantitative estimate of drug-likeness (QED) is 0.931. The fourth-order valence-electron chi connectivity index (χ4n) is 4.60. The van der Waals surface area contributed by atoms with E-state index in [2.05, 4.69) is 11.0 Å². The van der Waals surface area contributed by atoms with E-state index in [-0.39, 0.29) is 5.92 Å². The number of carboxylic acids is 1. The zero-order valence-electron chi connectivity index (χ0n) is 13.1. The van der Waals surface area contributed by atoms with Gasteiger partial charge in [-0.15, -0.1) is 0 Å². The third-order valence-corrected chi connectivity index (χ3v) is 6.05. The minimum atomic E-state index is -0.603. The minimum Gasteiger partial charge on any atom is -0.481 e. The molecule has 0 amide bonds. The third-order valence-electron chi connectivity index (χ3n) is 6.05. The molecular weight excluding hydrogens is 278 g/mol. The van der Waals surface area contributed by atoms with Gasteiger partial charge in [0, 0.05) is 6.42 Å². The van der Waals surface area contributed by atoms with Crippen LogP contribution in [0.1, 0.15) is 55.6 Å². The Morgan fingerprint density at radius 1 is 1.27 bits per heavy atom. The van der Waals surface area contributed by atoms with Gasteiger partial charge in [0.15, 0.2) is 0 Å². The molecule has 1 saturated heterocycles. The van der Waals surface area contributed by atoms with Crippen LogP contribution in [0.2, 0.25) is 0 Å². The van der Waals surface area contributed by atoms with Crippen molar-refractivity contribution in [2.45, 2.75) is 57.9 Å². The summed E-state index contributed by atoms with van der Waals surface area (Å²) in [5.74, 6) is 1.66. The first-order valence-corrected chi connectivity index (χ1v) is 8.69. The van der Waals surface area contributed by atoms with Crippen molar-refractivity contribution in [3.8, 4) is 0 Å². The highest BCUT2D eigenvalue weighted by Crippen LogP contribution is 2.52. The Morgan fingerprint density at radius 3 is 2.68 bits per heavy atom. The second-order valence-corrected chi connectivity index (χ2v) is 7.59. The molecular formula is C18H25NO3. The summed E-state index contributed by atoms with van der Waals surface area (Å²) >= 11 is 0. The Bertz CT molecular complexity index is 537. The number of hydrogen-bond acceptors (Lipinski definition) is 3. The molecule has 2 aliphatic carbocycles. The van der Waals surface area contributed by atoms with Crippen LogP contribution in [0.5, 0.6) is 0 Å². The molecule has 2 fully saturated rings. The molecule has 2 heterocycles. The number of hydrogen-bond donors (Lipinski definition) is 1. The first-order chi connectivity index (χ1) is 10.6. The maximum Gasteiger partial charge on any atom is 0.306 e. The lowest BCUT2D eigenvalue weighted by atomic mass is 9.57. The molecule has 0 unspecified atom stereocenters. The van der Waals surface area contributed by atoms with Gasteiger partial charge < -0.3 is 9.52 Å². The average molecular weight is 303 g/mol. The van der Waals surface area contributed by atoms with E-state index >= 15 is 0 Å². The third kappa shape index (κ3) is 2.58. The summed E-state index contributed by atoms with van der Waals surface area (Å²) in [5.41, 5.74) is 1.76. The first kappa shape index (κ1) is 14.3. The highest BCUT2D eigenvalue weighted by molar-refractivity contribution is 5.71. The standard InChI is InChI=1S/C18H25NO3/c20-17(21)14-10-18(11-14)5-7-19(8-6-18)12-15-9-13-3-1-2-4-16(13)22-15/h9,14H,1-8,10-12H2,(H,20,21). The monoisotopic (exact) mass is 303 g/mol. The summed E-state index contributed by atoms with van der Waals surface area (Å²) in [5, 5.41) is 9.05. The van der Waals surface area contributed by atoms with Crippen LogP contribution in [-0.2, 0) is 24.2 Å². The predicted octanol–water partition coefficient (Wildman–Crippen LogP) is 3.24. The molecule has 0 bridgehead atoms. The highest BCUT2D eigenvalue weighted by Gasteiger charge is 2.48. The Balaban J connectivity index is 1.31. The van der Waals surface area contributed by atoms with Crippen LogP contribution in [0.15, 0.2) is 10.5 Å². The van der Waals surface area contributed by atoms with E-state index in [0.29, 0.717) is 5.41 Å². The number of aryl methyl sites for hydroxylation is 2. The Morgan fingerprint density at radius 2 is 2.00 bits per heavy atom. The van der Waals surface area contributed by atoms with Gasteiger partial charge in [-0.25, -0.2) is 0 Å². The van der Waals surface area contributed by atoms with Gasteiger partial charge >= 0.3 is 5.97 Å². The van der Waals surface area contributed by atoms with Gasteiger partial charge in [0.25, 0.3) is 0 Å². The normalized spacial score (nSPS) is 24.9. The molecule has 4 heteroatoms. The zero-order valence-corrected chi connectivity index (χ0v) is 13.1. The number of nitrogens with zero attached hydrogens (tertiary/aromatic N) is 1. The summed E-state index contributed by atoms with van der Waals surface area (Å²) < 4.78 is 6.03. The van der Waals surface area contributed by atoms with Crippen LogP contribution in [0, 0.1) is 11.3 Å². The van der Waals surface area contributed by atoms with Gasteiger partial charge in [0.05, 0.1) is 12.5 Å². The van der Waals surface area contributed by atoms with Crippen molar-refractivity contribution < 1.29 is 14.3 Å². The van der Waals surface area contributed by atoms with Crippen LogP contribution >= 0.6 is 0 Å². The van der Waals surface area contributed by atoms with E-state index in [1.54, 1.807) is 0 Å². The van der Waals surface area contributed by atoms with E-state index in [4.69, 9.17) is 9.52 Å². The molecule has 1 spiro atoms. The lowest BCUT2D eigenvalue weighted by molar-refractivity contribution is -0.152. The molecule has 4 nitrogen and oxygen atoms in total. The fraction of sp³-hybridized carbons (Fsp3) is 0.722. The molecule has 1 aromatic heterocycles. The number of fused-ring (bicyclic) bond motifs is 1. The predicted molar refractivity (Wildman–Crippen MR) is 82.7 cm³/mol. The van der Waals surface area contributed by atoms with Crippen molar-refractivity contribution in [3.05, 3.63) is 23.2 Å². The molecule has 1 aliphatic heterocycles. The Labute approximate surface area is 131 Å². The van der Waals surface area contributed by atoms with Crippen LogP contribution in [0.4, 0.5) is 0 Å². The smallest absolute Gasteiger partial charge is 0.306 e. The first-order valence-electron chi connectivity index (χ1n) is 8.69. The number of rotatable bonds is 3. The summed E-state index contributed by atoms with van der Waals surface area (Å²) in [6, 6.07) is 2.27. The number of carbonyl (C=O) groups is 1. The maximum absolute atomic E-state index is 11.0. The van der Waals surface area contributed by atoms with Crippen molar-refractivity contribution in [1.29, 1.82) is 0 Å². The second kappa shape index (κ2) is 5.41. The number of furan rings is 1. The number of piperidine rings is 1. The number of aliphatic carboxylic acids is 1. The molecule has 0 radical (unpaired) electrons. The Hall–Kier alpha value is -1.29. The SMILES string of the molecule is O=C(O)C1CC2(CCN(Cc3cc4c(o3)CCCC4)CC2)C1. The van der Waals surface area contributed by atoms with Gasteiger partial charge in [-0.2, -0.15) is 0 Å². The highest BCUT2D eigenvalue weighted by atomic mass is 16.4. The minimum absolute atomic E-state index is 0.0802. The van der Waals surface area contributed by atoms with Gasteiger partial charge in [-0.1, -0.05) is 0 Å². The van der Waals surface area contributed by atoms with E-state index in [9.17, 15) is 4.79 Å². The zero-order chi connectivity index (χ0) is 15.2. The van der Waals surface area contributed by atoms with E-state index < -0.39 is 5.97 Å². The van der Waals surface area contributed by atoms with E-state index in [1.165, 1.54) is 30.6 Å². The van der Waals surface area contributed by atoms with Crippen molar-refractivity contribution >= 4 is 5.97 Å². The average Bonchev–Trinajstić information content (AvgIpc) is 2.87. The molecule has 4 rings (SSSR count). The van der Waals surface area contributed by atoms with Crippen molar-refractivity contribution in [1.82, 2.24) is 4.90 Å². The molecule has 1 saturated carbocycles. The molecule has 120 valence electrons. The summed E-state index contributed by atoms with van der Waals surface area (Å²) in [4.78, 5) is 13.5. The fourth-order valence-corrected chi connectivity index (χ4v) is 4.60. The van der Waals surface area contributed by atoms with Crippen molar-refractivity contribution in [2.75, 3.05) is 13.1 Å². The van der Waals surface area contributed by atoms with Crippen molar-refractivity contribution in [3.63, 3.8) is 0 Å².